The second-order valence-corrected chi connectivity index (χ2v) is 4.11. The highest BCUT2D eigenvalue weighted by atomic mass is 16.5. The van der Waals surface area contributed by atoms with Crippen LogP contribution in [0.25, 0.3) is 0 Å². The van der Waals surface area contributed by atoms with Crippen molar-refractivity contribution >= 4 is 0 Å². The summed E-state index contributed by atoms with van der Waals surface area (Å²) in [6.45, 7) is 5.32. The third kappa shape index (κ3) is 8.32. The zero-order valence-electron chi connectivity index (χ0n) is 11.4. The van der Waals surface area contributed by atoms with Gasteiger partial charge in [-0.25, -0.2) is 0 Å². The molecule has 2 N–H and O–H groups in total. The molecule has 1 aromatic heterocycles. The van der Waals surface area contributed by atoms with Gasteiger partial charge in [0.1, 0.15) is 6.10 Å². The van der Waals surface area contributed by atoms with E-state index >= 15 is 0 Å². The van der Waals surface area contributed by atoms with Crippen molar-refractivity contribution in [1.29, 1.82) is 0 Å². The second kappa shape index (κ2) is 10.5. The van der Waals surface area contributed by atoms with E-state index in [9.17, 15) is 5.11 Å². The Morgan fingerprint density at radius 1 is 1.42 bits per heavy atom. The first kappa shape index (κ1) is 15.6. The molecule has 0 spiro atoms. The minimum Gasteiger partial charge on any atom is -0.378 e. The van der Waals surface area contributed by atoms with E-state index in [-0.39, 0.29) is 0 Å². The molecule has 1 unspecified atom stereocenters. The summed E-state index contributed by atoms with van der Waals surface area (Å²) in [5.41, 5.74) is 0. The monoisotopic (exact) mass is 266 g/mol. The number of unbranched alkanes of at least 4 members (excludes halogenated alkanes) is 1. The summed E-state index contributed by atoms with van der Waals surface area (Å²) in [7, 11) is 0. The zero-order chi connectivity index (χ0) is 13.8. The molecule has 0 aliphatic carbocycles. The normalized spacial score (nSPS) is 11.9. The molecule has 0 fully saturated rings. The van der Waals surface area contributed by atoms with Crippen molar-refractivity contribution in [3.05, 3.63) is 12.4 Å². The van der Waals surface area contributed by atoms with Crippen molar-refractivity contribution in [2.45, 2.75) is 32.4 Å². The van der Waals surface area contributed by atoms with Crippen LogP contribution in [0.2, 0.25) is 0 Å². The zero-order valence-corrected chi connectivity index (χ0v) is 11.4. The highest BCUT2D eigenvalue weighted by molar-refractivity contribution is 5.01. The van der Waals surface area contributed by atoms with Crippen LogP contribution in [-0.4, -0.2) is 52.5 Å². The van der Waals surface area contributed by atoms with Gasteiger partial charge in [0.05, 0.1) is 19.3 Å². The van der Waals surface area contributed by atoms with Crippen LogP contribution in [0.4, 0.5) is 0 Å². The van der Waals surface area contributed by atoms with E-state index in [0.29, 0.717) is 13.2 Å². The lowest BCUT2D eigenvalue weighted by Gasteiger charge is -2.06. The Morgan fingerprint density at radius 2 is 2.32 bits per heavy atom. The van der Waals surface area contributed by atoms with Gasteiger partial charge in [-0.3, -0.25) is 4.68 Å². The predicted molar refractivity (Wildman–Crippen MR) is 72.4 cm³/mol. The van der Waals surface area contributed by atoms with Crippen molar-refractivity contribution in [2.75, 3.05) is 26.3 Å². The first-order chi connectivity index (χ1) is 9.33. The number of aromatic nitrogens is 3. The number of rotatable bonds is 10. The third-order valence-corrected chi connectivity index (χ3v) is 2.47. The average molecular weight is 266 g/mol. The largest absolute Gasteiger partial charge is 0.378 e. The molecule has 6 heteroatoms. The summed E-state index contributed by atoms with van der Waals surface area (Å²) in [6, 6.07) is 0. The van der Waals surface area contributed by atoms with Gasteiger partial charge in [-0.2, -0.15) is 0 Å². The molecule has 0 amide bonds. The van der Waals surface area contributed by atoms with Gasteiger partial charge in [-0.1, -0.05) is 11.1 Å². The molecule has 1 atom stereocenters. The van der Waals surface area contributed by atoms with Crippen LogP contribution in [-0.2, 0) is 11.3 Å². The van der Waals surface area contributed by atoms with Gasteiger partial charge in [0.2, 0.25) is 0 Å². The topological polar surface area (TPSA) is 72.2 Å². The molecule has 0 radical (unpaired) electrons. The molecule has 0 aliphatic rings. The molecule has 0 aliphatic heterocycles. The standard InChI is InChI=1S/C13H22N4O2/c1-2-5-13(18)12-19-11-4-3-6-14-7-9-17-10-8-15-16-17/h8,10,13-14,18H,3-4,6-7,9,11-12H2,1H3. The first-order valence-corrected chi connectivity index (χ1v) is 6.56. The van der Waals surface area contributed by atoms with E-state index in [1.54, 1.807) is 17.8 Å². The maximum absolute atomic E-state index is 9.29. The number of aliphatic hydroxyl groups excluding tert-OH is 1. The molecule has 0 saturated carbocycles. The molecule has 1 aromatic rings. The van der Waals surface area contributed by atoms with Crippen molar-refractivity contribution < 1.29 is 9.84 Å². The van der Waals surface area contributed by atoms with Crippen molar-refractivity contribution in [1.82, 2.24) is 20.3 Å². The van der Waals surface area contributed by atoms with Gasteiger partial charge in [0.15, 0.2) is 0 Å². The van der Waals surface area contributed by atoms with Crippen LogP contribution in [0, 0.1) is 11.8 Å². The molecular weight excluding hydrogens is 244 g/mol. The lowest BCUT2D eigenvalue weighted by molar-refractivity contribution is 0.0620. The molecule has 1 rings (SSSR count). The van der Waals surface area contributed by atoms with Crippen LogP contribution in [0.1, 0.15) is 19.8 Å². The van der Waals surface area contributed by atoms with E-state index in [2.05, 4.69) is 27.5 Å². The van der Waals surface area contributed by atoms with Crippen LogP contribution < -0.4 is 5.32 Å². The smallest absolute Gasteiger partial charge is 0.137 e. The second-order valence-electron chi connectivity index (χ2n) is 4.11. The van der Waals surface area contributed by atoms with Crippen LogP contribution in [0.3, 0.4) is 0 Å². The van der Waals surface area contributed by atoms with Gasteiger partial charge in [-0.15, -0.1) is 11.0 Å². The van der Waals surface area contributed by atoms with Gasteiger partial charge in [0, 0.05) is 19.3 Å². The number of nitrogens with zero attached hydrogens (tertiary/aromatic N) is 3. The van der Waals surface area contributed by atoms with E-state index < -0.39 is 6.10 Å². The Morgan fingerprint density at radius 3 is 3.05 bits per heavy atom. The van der Waals surface area contributed by atoms with Crippen LogP contribution in [0.15, 0.2) is 12.4 Å². The Labute approximate surface area is 114 Å². The summed E-state index contributed by atoms with van der Waals surface area (Å²) < 4.78 is 7.11. The van der Waals surface area contributed by atoms with Crippen LogP contribution >= 0.6 is 0 Å². The summed E-state index contributed by atoms with van der Waals surface area (Å²) in [4.78, 5) is 0. The molecule has 0 saturated heterocycles. The SMILES string of the molecule is CC#CC(O)COCCCCNCCn1ccnn1. The lowest BCUT2D eigenvalue weighted by Crippen LogP contribution is -2.21. The van der Waals surface area contributed by atoms with Crippen molar-refractivity contribution in [3.63, 3.8) is 0 Å². The molecule has 0 aromatic carbocycles. The average Bonchev–Trinajstić information content (AvgIpc) is 2.90. The predicted octanol–water partition coefficient (Wildman–Crippen LogP) is 0.0487. The number of nitrogens with one attached hydrogen (secondary N) is 1. The highest BCUT2D eigenvalue weighted by Crippen LogP contribution is 1.91. The highest BCUT2D eigenvalue weighted by Gasteiger charge is 1.98. The minimum atomic E-state index is -0.661. The molecule has 106 valence electrons. The molecule has 6 nitrogen and oxygen atoms in total. The van der Waals surface area contributed by atoms with Gasteiger partial charge < -0.3 is 15.2 Å². The van der Waals surface area contributed by atoms with E-state index in [0.717, 1.165) is 32.5 Å². The lowest BCUT2D eigenvalue weighted by atomic mass is 10.3. The first-order valence-electron chi connectivity index (χ1n) is 6.56. The summed E-state index contributed by atoms with van der Waals surface area (Å²) in [5.74, 6) is 5.29. The fraction of sp³-hybridized carbons (Fsp3) is 0.692. The summed E-state index contributed by atoms with van der Waals surface area (Å²) in [5, 5.41) is 20.2. The van der Waals surface area contributed by atoms with Gasteiger partial charge in [0.25, 0.3) is 0 Å². The summed E-state index contributed by atoms with van der Waals surface area (Å²) in [6.07, 6.45) is 4.88. The van der Waals surface area contributed by atoms with Crippen LogP contribution in [0.5, 0.6) is 0 Å². The summed E-state index contributed by atoms with van der Waals surface area (Å²) >= 11 is 0. The number of hydrogen-bond donors (Lipinski definition) is 2. The van der Waals surface area contributed by atoms with E-state index in [1.165, 1.54) is 0 Å². The molecule has 1 heterocycles. The minimum absolute atomic E-state index is 0.292. The molecular formula is C13H22N4O2. The number of aliphatic hydroxyl groups is 1. The van der Waals surface area contributed by atoms with Crippen molar-refractivity contribution in [3.8, 4) is 11.8 Å². The van der Waals surface area contributed by atoms with Gasteiger partial charge >= 0.3 is 0 Å². The number of hydrogen-bond acceptors (Lipinski definition) is 5. The Bertz CT molecular complexity index is 370. The van der Waals surface area contributed by atoms with Gasteiger partial charge in [-0.05, 0) is 26.3 Å². The fourth-order valence-electron chi connectivity index (χ4n) is 1.53. The van der Waals surface area contributed by atoms with E-state index in [1.807, 2.05) is 6.20 Å². The Balaban J connectivity index is 1.82. The Hall–Kier alpha value is -1.42. The number of ether oxygens (including phenoxy) is 1. The third-order valence-electron chi connectivity index (χ3n) is 2.47. The fourth-order valence-corrected chi connectivity index (χ4v) is 1.53. The Kier molecular flexibility index (Phi) is 8.64. The molecule has 19 heavy (non-hydrogen) atoms. The maximum atomic E-state index is 9.29. The quantitative estimate of drug-likeness (QED) is 0.462. The van der Waals surface area contributed by atoms with Crippen molar-refractivity contribution in [2.24, 2.45) is 0 Å². The maximum Gasteiger partial charge on any atom is 0.137 e. The van der Waals surface area contributed by atoms with E-state index in [4.69, 9.17) is 4.74 Å². The molecule has 0 bridgehead atoms.